The monoisotopic (exact) mass is 265 g/mol. The highest BCUT2D eigenvalue weighted by molar-refractivity contribution is 5.20. The highest BCUT2D eigenvalue weighted by Crippen LogP contribution is 2.22. The van der Waals surface area contributed by atoms with Gasteiger partial charge in [0.15, 0.2) is 0 Å². The van der Waals surface area contributed by atoms with Gasteiger partial charge < -0.3 is 10.6 Å². The molecule has 2 N–H and O–H groups in total. The molecule has 0 radical (unpaired) electrons. The summed E-state index contributed by atoms with van der Waals surface area (Å²) in [5.74, 6) is -0.192. The van der Waals surface area contributed by atoms with Crippen molar-refractivity contribution in [2.75, 3.05) is 33.7 Å². The predicted molar refractivity (Wildman–Crippen MR) is 76.5 cm³/mol. The summed E-state index contributed by atoms with van der Waals surface area (Å²) >= 11 is 0. The van der Waals surface area contributed by atoms with Gasteiger partial charge in [0.25, 0.3) is 0 Å². The number of rotatable bonds is 5. The Balaban J connectivity index is 2.04. The molecule has 1 heterocycles. The van der Waals surface area contributed by atoms with Crippen molar-refractivity contribution in [2.45, 2.75) is 24.9 Å². The van der Waals surface area contributed by atoms with E-state index in [0.717, 1.165) is 12.1 Å². The highest BCUT2D eigenvalue weighted by atomic mass is 19.1. The summed E-state index contributed by atoms with van der Waals surface area (Å²) in [5, 5.41) is 0. The van der Waals surface area contributed by atoms with Crippen LogP contribution in [0.5, 0.6) is 0 Å². The van der Waals surface area contributed by atoms with E-state index in [2.05, 4.69) is 23.9 Å². The molecule has 4 heteroatoms. The molecule has 1 aliphatic heterocycles. The third-order valence-electron chi connectivity index (χ3n) is 4.16. The van der Waals surface area contributed by atoms with E-state index in [-0.39, 0.29) is 11.9 Å². The molecule has 0 saturated carbocycles. The minimum Gasteiger partial charge on any atom is -0.329 e. The summed E-state index contributed by atoms with van der Waals surface area (Å²) in [5.41, 5.74) is 6.85. The SMILES string of the molecule is CN1CCCC1CN(C)C(CN)c1cccc(F)c1. The number of halogens is 1. The van der Waals surface area contributed by atoms with Gasteiger partial charge in [-0.05, 0) is 51.2 Å². The molecule has 106 valence electrons. The fourth-order valence-electron chi connectivity index (χ4n) is 2.95. The lowest BCUT2D eigenvalue weighted by atomic mass is 10.0. The minimum atomic E-state index is -0.192. The standard InChI is InChI=1S/C15H24FN3/c1-18-8-4-7-14(18)11-19(2)15(10-17)12-5-3-6-13(16)9-12/h3,5-6,9,14-15H,4,7-8,10-11,17H2,1-2H3. The molecule has 2 rings (SSSR count). The zero-order chi connectivity index (χ0) is 13.8. The molecule has 0 spiro atoms. The molecular formula is C15H24FN3. The van der Waals surface area contributed by atoms with E-state index in [1.807, 2.05) is 6.07 Å². The van der Waals surface area contributed by atoms with Gasteiger partial charge in [0.05, 0.1) is 0 Å². The number of benzene rings is 1. The van der Waals surface area contributed by atoms with Crippen LogP contribution in [0.25, 0.3) is 0 Å². The average molecular weight is 265 g/mol. The van der Waals surface area contributed by atoms with Crippen LogP contribution >= 0.6 is 0 Å². The first-order valence-electron chi connectivity index (χ1n) is 6.98. The molecular weight excluding hydrogens is 241 g/mol. The van der Waals surface area contributed by atoms with Crippen molar-refractivity contribution in [3.05, 3.63) is 35.6 Å². The second-order valence-corrected chi connectivity index (χ2v) is 5.52. The molecule has 0 bridgehead atoms. The largest absolute Gasteiger partial charge is 0.329 e. The molecule has 2 unspecified atom stereocenters. The average Bonchev–Trinajstić information content (AvgIpc) is 2.76. The lowest BCUT2D eigenvalue weighted by molar-refractivity contribution is 0.179. The van der Waals surface area contributed by atoms with Crippen molar-refractivity contribution in [2.24, 2.45) is 5.73 Å². The zero-order valence-corrected chi connectivity index (χ0v) is 11.8. The van der Waals surface area contributed by atoms with Crippen molar-refractivity contribution in [1.82, 2.24) is 9.80 Å². The summed E-state index contributed by atoms with van der Waals surface area (Å²) < 4.78 is 13.3. The van der Waals surface area contributed by atoms with Crippen molar-refractivity contribution in [3.63, 3.8) is 0 Å². The molecule has 1 fully saturated rings. The first-order valence-corrected chi connectivity index (χ1v) is 6.98. The molecule has 0 aliphatic carbocycles. The molecule has 2 atom stereocenters. The first kappa shape index (κ1) is 14.4. The van der Waals surface area contributed by atoms with E-state index >= 15 is 0 Å². The second kappa shape index (κ2) is 6.46. The third-order valence-corrected chi connectivity index (χ3v) is 4.16. The van der Waals surface area contributed by atoms with Gasteiger partial charge in [-0.3, -0.25) is 4.90 Å². The number of hydrogen-bond acceptors (Lipinski definition) is 3. The van der Waals surface area contributed by atoms with Gasteiger partial charge in [0.1, 0.15) is 5.82 Å². The van der Waals surface area contributed by atoms with E-state index < -0.39 is 0 Å². The fraction of sp³-hybridized carbons (Fsp3) is 0.600. The zero-order valence-electron chi connectivity index (χ0n) is 11.8. The smallest absolute Gasteiger partial charge is 0.123 e. The van der Waals surface area contributed by atoms with Gasteiger partial charge in [-0.15, -0.1) is 0 Å². The van der Waals surface area contributed by atoms with Crippen LogP contribution in [0.3, 0.4) is 0 Å². The van der Waals surface area contributed by atoms with E-state index in [4.69, 9.17) is 5.73 Å². The van der Waals surface area contributed by atoms with Crippen molar-refractivity contribution in [3.8, 4) is 0 Å². The maximum Gasteiger partial charge on any atom is 0.123 e. The summed E-state index contributed by atoms with van der Waals surface area (Å²) in [6, 6.07) is 7.45. The number of likely N-dealkylation sites (N-methyl/N-ethyl adjacent to an activating group) is 2. The van der Waals surface area contributed by atoms with Gasteiger partial charge in [-0.2, -0.15) is 0 Å². The van der Waals surface area contributed by atoms with Crippen LogP contribution < -0.4 is 5.73 Å². The molecule has 1 aromatic rings. The predicted octanol–water partition coefficient (Wildman–Crippen LogP) is 1.85. The number of hydrogen-bond donors (Lipinski definition) is 1. The maximum absolute atomic E-state index is 13.3. The maximum atomic E-state index is 13.3. The van der Waals surface area contributed by atoms with Crippen LogP contribution in [0.1, 0.15) is 24.4 Å². The van der Waals surface area contributed by atoms with E-state index in [0.29, 0.717) is 12.6 Å². The number of nitrogens with two attached hydrogens (primary N) is 1. The van der Waals surface area contributed by atoms with Gasteiger partial charge in [0, 0.05) is 25.2 Å². The number of nitrogens with zero attached hydrogens (tertiary/aromatic N) is 2. The molecule has 1 aliphatic rings. The Morgan fingerprint density at radius 2 is 2.32 bits per heavy atom. The summed E-state index contributed by atoms with van der Waals surface area (Å²) in [6.07, 6.45) is 2.50. The van der Waals surface area contributed by atoms with Crippen LogP contribution in [0.4, 0.5) is 4.39 Å². The van der Waals surface area contributed by atoms with Crippen molar-refractivity contribution in [1.29, 1.82) is 0 Å². The number of likely N-dealkylation sites (tertiary alicyclic amines) is 1. The van der Waals surface area contributed by atoms with E-state index in [1.165, 1.54) is 25.5 Å². The minimum absolute atomic E-state index is 0.0877. The topological polar surface area (TPSA) is 32.5 Å². The van der Waals surface area contributed by atoms with E-state index in [1.54, 1.807) is 12.1 Å². The van der Waals surface area contributed by atoms with Crippen LogP contribution in [0, 0.1) is 5.82 Å². The summed E-state index contributed by atoms with van der Waals surface area (Å²) in [4.78, 5) is 4.65. The summed E-state index contributed by atoms with van der Waals surface area (Å²) in [6.45, 7) is 2.66. The molecule has 0 aromatic heterocycles. The van der Waals surface area contributed by atoms with E-state index in [9.17, 15) is 4.39 Å². The van der Waals surface area contributed by atoms with Crippen LogP contribution in [-0.2, 0) is 0 Å². The fourth-order valence-corrected chi connectivity index (χ4v) is 2.95. The van der Waals surface area contributed by atoms with Crippen LogP contribution in [0.2, 0.25) is 0 Å². The van der Waals surface area contributed by atoms with Gasteiger partial charge >= 0.3 is 0 Å². The first-order chi connectivity index (χ1) is 9.11. The van der Waals surface area contributed by atoms with Gasteiger partial charge in [0.2, 0.25) is 0 Å². The molecule has 1 aromatic carbocycles. The molecule has 0 amide bonds. The normalized spacial score (nSPS) is 22.1. The second-order valence-electron chi connectivity index (χ2n) is 5.52. The molecule has 1 saturated heterocycles. The van der Waals surface area contributed by atoms with Crippen LogP contribution in [0.15, 0.2) is 24.3 Å². The van der Waals surface area contributed by atoms with Crippen molar-refractivity contribution >= 4 is 0 Å². The molecule has 3 nitrogen and oxygen atoms in total. The quantitative estimate of drug-likeness (QED) is 0.882. The van der Waals surface area contributed by atoms with Crippen LogP contribution in [-0.4, -0.2) is 49.6 Å². The van der Waals surface area contributed by atoms with Gasteiger partial charge in [-0.25, -0.2) is 4.39 Å². The highest BCUT2D eigenvalue weighted by Gasteiger charge is 2.25. The Bertz CT molecular complexity index is 410. The Morgan fingerprint density at radius 1 is 1.53 bits per heavy atom. The summed E-state index contributed by atoms with van der Waals surface area (Å²) in [7, 11) is 4.25. The van der Waals surface area contributed by atoms with Gasteiger partial charge in [-0.1, -0.05) is 12.1 Å². The Hall–Kier alpha value is -0.970. The molecule has 19 heavy (non-hydrogen) atoms. The lowest BCUT2D eigenvalue weighted by Gasteiger charge is -2.32. The Labute approximate surface area is 115 Å². The Kier molecular flexibility index (Phi) is 4.91. The Morgan fingerprint density at radius 3 is 2.89 bits per heavy atom. The van der Waals surface area contributed by atoms with Crippen molar-refractivity contribution < 1.29 is 4.39 Å². The lowest BCUT2D eigenvalue weighted by Crippen LogP contribution is -2.40. The third kappa shape index (κ3) is 3.53.